The molecule has 1 rings (SSSR count). The molecule has 110 valence electrons. The van der Waals surface area contributed by atoms with Crippen molar-refractivity contribution in [2.45, 2.75) is 25.1 Å². The second-order valence-corrected chi connectivity index (χ2v) is 6.09. The normalized spacial score (nSPS) is 12.7. The molecule has 0 spiro atoms. The molecule has 20 heavy (non-hydrogen) atoms. The van der Waals surface area contributed by atoms with Gasteiger partial charge in [0.15, 0.2) is 0 Å². The van der Waals surface area contributed by atoms with Crippen molar-refractivity contribution in [2.24, 2.45) is 5.14 Å². The number of nitrogens with two attached hydrogens (primary N) is 1. The molecule has 0 bridgehead atoms. The first-order valence-electron chi connectivity index (χ1n) is 5.79. The molecule has 8 heteroatoms. The average molecular weight is 300 g/mol. The highest BCUT2D eigenvalue weighted by Gasteiger charge is 2.13. The van der Waals surface area contributed by atoms with E-state index in [-0.39, 0.29) is 17.7 Å². The van der Waals surface area contributed by atoms with Gasteiger partial charge in [-0.25, -0.2) is 13.6 Å². The maximum absolute atomic E-state index is 11.9. The van der Waals surface area contributed by atoms with Crippen LogP contribution in [-0.2, 0) is 20.6 Å². The SMILES string of the molecule is CC(CC(=O)O)NC(=O)c1cccc(CS(N)(=O)=O)c1. The Balaban J connectivity index is 2.79. The first-order chi connectivity index (χ1) is 9.17. The largest absolute Gasteiger partial charge is 0.481 e. The number of carboxylic acids is 1. The molecule has 7 nitrogen and oxygen atoms in total. The fourth-order valence-electron chi connectivity index (χ4n) is 1.65. The average Bonchev–Trinajstić information content (AvgIpc) is 2.25. The molecule has 1 unspecified atom stereocenters. The van der Waals surface area contributed by atoms with Crippen molar-refractivity contribution < 1.29 is 23.1 Å². The number of benzene rings is 1. The van der Waals surface area contributed by atoms with Gasteiger partial charge in [-0.2, -0.15) is 0 Å². The van der Waals surface area contributed by atoms with E-state index < -0.39 is 27.9 Å². The van der Waals surface area contributed by atoms with Crippen LogP contribution in [0.3, 0.4) is 0 Å². The second kappa shape index (κ2) is 6.49. The molecule has 0 aliphatic rings. The van der Waals surface area contributed by atoms with E-state index in [2.05, 4.69) is 5.32 Å². The minimum Gasteiger partial charge on any atom is -0.481 e. The Hall–Kier alpha value is -1.93. The lowest BCUT2D eigenvalue weighted by atomic mass is 10.1. The number of nitrogens with one attached hydrogen (secondary N) is 1. The molecule has 0 aliphatic carbocycles. The van der Waals surface area contributed by atoms with Crippen molar-refractivity contribution in [1.82, 2.24) is 5.32 Å². The maximum atomic E-state index is 11.9. The van der Waals surface area contributed by atoms with Crippen LogP contribution >= 0.6 is 0 Å². The number of aliphatic carboxylic acids is 1. The minimum atomic E-state index is -3.67. The molecule has 1 aromatic carbocycles. The summed E-state index contributed by atoms with van der Waals surface area (Å²) in [5.74, 6) is -1.84. The quantitative estimate of drug-likeness (QED) is 0.685. The Labute approximate surface area is 116 Å². The summed E-state index contributed by atoms with van der Waals surface area (Å²) in [5, 5.41) is 16.1. The molecule has 0 radical (unpaired) electrons. The summed E-state index contributed by atoms with van der Waals surface area (Å²) in [5.41, 5.74) is 0.648. The zero-order valence-corrected chi connectivity index (χ0v) is 11.7. The molecular weight excluding hydrogens is 284 g/mol. The molecule has 1 amide bonds. The Bertz CT molecular complexity index is 612. The van der Waals surface area contributed by atoms with Gasteiger partial charge in [-0.3, -0.25) is 9.59 Å². The molecule has 0 aliphatic heterocycles. The van der Waals surface area contributed by atoms with Crippen LogP contribution in [0.4, 0.5) is 0 Å². The zero-order valence-electron chi connectivity index (χ0n) is 10.9. The fourth-order valence-corrected chi connectivity index (χ4v) is 2.30. The van der Waals surface area contributed by atoms with Gasteiger partial charge in [0.1, 0.15) is 0 Å². The van der Waals surface area contributed by atoms with Crippen LogP contribution in [0.15, 0.2) is 24.3 Å². The van der Waals surface area contributed by atoms with Crippen molar-refractivity contribution in [3.8, 4) is 0 Å². The Morgan fingerprint density at radius 2 is 2.05 bits per heavy atom. The number of carboxylic acid groups (broad SMARTS) is 1. The molecule has 0 saturated heterocycles. The summed E-state index contributed by atoms with van der Waals surface area (Å²) in [4.78, 5) is 22.4. The Morgan fingerprint density at radius 3 is 2.60 bits per heavy atom. The third-order valence-corrected chi connectivity index (χ3v) is 3.15. The Morgan fingerprint density at radius 1 is 1.40 bits per heavy atom. The van der Waals surface area contributed by atoms with Crippen LogP contribution in [0, 0.1) is 0 Å². The fraction of sp³-hybridized carbons (Fsp3) is 0.333. The van der Waals surface area contributed by atoms with Crippen molar-refractivity contribution in [3.05, 3.63) is 35.4 Å². The van der Waals surface area contributed by atoms with Crippen LogP contribution < -0.4 is 10.5 Å². The first kappa shape index (κ1) is 16.1. The number of carbonyl (C=O) groups is 2. The van der Waals surface area contributed by atoms with Gasteiger partial charge in [-0.15, -0.1) is 0 Å². The highest BCUT2D eigenvalue weighted by atomic mass is 32.2. The highest BCUT2D eigenvalue weighted by Crippen LogP contribution is 2.08. The number of sulfonamides is 1. The lowest BCUT2D eigenvalue weighted by molar-refractivity contribution is -0.137. The summed E-state index contributed by atoms with van der Waals surface area (Å²) < 4.78 is 22.0. The van der Waals surface area contributed by atoms with Gasteiger partial charge < -0.3 is 10.4 Å². The minimum absolute atomic E-state index is 0.192. The van der Waals surface area contributed by atoms with Crippen LogP contribution in [0.2, 0.25) is 0 Å². The smallest absolute Gasteiger partial charge is 0.305 e. The van der Waals surface area contributed by atoms with Gasteiger partial charge in [-0.05, 0) is 24.6 Å². The summed E-state index contributed by atoms with van der Waals surface area (Å²) in [6, 6.07) is 5.48. The molecule has 0 heterocycles. The zero-order chi connectivity index (χ0) is 15.3. The molecule has 1 aromatic rings. The number of hydrogen-bond acceptors (Lipinski definition) is 4. The lowest BCUT2D eigenvalue weighted by Crippen LogP contribution is -2.34. The van der Waals surface area contributed by atoms with Crippen molar-refractivity contribution in [2.75, 3.05) is 0 Å². The van der Waals surface area contributed by atoms with Gasteiger partial charge in [0.2, 0.25) is 10.0 Å². The molecule has 0 aromatic heterocycles. The summed E-state index contributed by atoms with van der Waals surface area (Å²) in [6.07, 6.45) is -0.192. The molecule has 0 fully saturated rings. The van der Waals surface area contributed by atoms with Crippen LogP contribution in [0.5, 0.6) is 0 Å². The van der Waals surface area contributed by atoms with Crippen molar-refractivity contribution >= 4 is 21.9 Å². The molecule has 4 N–H and O–H groups in total. The monoisotopic (exact) mass is 300 g/mol. The van der Waals surface area contributed by atoms with E-state index in [1.165, 1.54) is 18.2 Å². The first-order valence-corrected chi connectivity index (χ1v) is 7.51. The standard InChI is InChI=1S/C12H16N2O5S/c1-8(5-11(15)16)14-12(17)10-4-2-3-9(6-10)7-20(13,18)19/h2-4,6,8H,5,7H2,1H3,(H,14,17)(H,15,16)(H2,13,18,19). The summed E-state index contributed by atoms with van der Waals surface area (Å²) in [7, 11) is -3.67. The third kappa shape index (κ3) is 5.81. The van der Waals surface area contributed by atoms with Gasteiger partial charge in [0.05, 0.1) is 12.2 Å². The summed E-state index contributed by atoms with van der Waals surface area (Å²) in [6.45, 7) is 1.57. The van der Waals surface area contributed by atoms with E-state index in [0.717, 1.165) is 0 Å². The topological polar surface area (TPSA) is 127 Å². The Kier molecular flexibility index (Phi) is 5.23. The van der Waals surface area contributed by atoms with Gasteiger partial charge >= 0.3 is 5.97 Å². The van der Waals surface area contributed by atoms with Crippen LogP contribution in [0.1, 0.15) is 29.3 Å². The van der Waals surface area contributed by atoms with E-state index in [4.69, 9.17) is 10.2 Å². The van der Waals surface area contributed by atoms with Crippen LogP contribution in [0.25, 0.3) is 0 Å². The molecule has 0 saturated carbocycles. The predicted octanol–water partition coefficient (Wildman–Crippen LogP) is 0.0681. The molecule has 1 atom stereocenters. The van der Waals surface area contributed by atoms with E-state index in [9.17, 15) is 18.0 Å². The van der Waals surface area contributed by atoms with E-state index in [1.807, 2.05) is 0 Å². The molecular formula is C12H16N2O5S. The number of carbonyl (C=O) groups excluding carboxylic acids is 1. The number of amides is 1. The van der Waals surface area contributed by atoms with E-state index in [0.29, 0.717) is 5.56 Å². The number of hydrogen-bond donors (Lipinski definition) is 3. The number of primary sulfonamides is 1. The van der Waals surface area contributed by atoms with Gasteiger partial charge in [0.25, 0.3) is 5.91 Å². The third-order valence-electron chi connectivity index (χ3n) is 2.42. The van der Waals surface area contributed by atoms with E-state index in [1.54, 1.807) is 13.0 Å². The van der Waals surface area contributed by atoms with Crippen LogP contribution in [-0.4, -0.2) is 31.4 Å². The van der Waals surface area contributed by atoms with Gasteiger partial charge in [-0.1, -0.05) is 12.1 Å². The van der Waals surface area contributed by atoms with Crippen molar-refractivity contribution in [1.29, 1.82) is 0 Å². The lowest BCUT2D eigenvalue weighted by Gasteiger charge is -2.12. The predicted molar refractivity (Wildman–Crippen MR) is 72.4 cm³/mol. The second-order valence-electron chi connectivity index (χ2n) is 4.48. The maximum Gasteiger partial charge on any atom is 0.305 e. The summed E-state index contributed by atoms with van der Waals surface area (Å²) >= 11 is 0. The van der Waals surface area contributed by atoms with Gasteiger partial charge in [0, 0.05) is 11.6 Å². The van der Waals surface area contributed by atoms with Crippen molar-refractivity contribution in [3.63, 3.8) is 0 Å². The number of rotatable bonds is 6. The highest BCUT2D eigenvalue weighted by molar-refractivity contribution is 7.88. The van der Waals surface area contributed by atoms with E-state index >= 15 is 0 Å².